The number of allylic oxidation sites excluding steroid dienone is 2. The highest BCUT2D eigenvalue weighted by atomic mass is 16.5. The number of unbranched alkanes of at least 4 members (excludes halogenated alkanes) is 8. The number of carbonyl (C=O) groups excluding carboxylic acids is 2. The van der Waals surface area contributed by atoms with Crippen LogP contribution in [0, 0.1) is 33.5 Å². The summed E-state index contributed by atoms with van der Waals surface area (Å²) < 4.78 is 23.7. The van der Waals surface area contributed by atoms with Gasteiger partial charge in [-0.1, -0.05) is 98.6 Å². The monoisotopic (exact) mass is 698 g/mol. The summed E-state index contributed by atoms with van der Waals surface area (Å²) in [5.41, 5.74) is 0.448. The predicted octanol–water partition coefficient (Wildman–Crippen LogP) is 10.5. The summed E-state index contributed by atoms with van der Waals surface area (Å²) in [5.74, 6) is 2.17. The molecule has 0 fully saturated rings. The Kier molecular flexibility index (Phi) is 18.1. The minimum Gasteiger partial charge on any atom is -0.490 e. The first-order valence-electron chi connectivity index (χ1n) is 18.4. The minimum absolute atomic E-state index is 0.126. The molecule has 51 heavy (non-hydrogen) atoms. The largest absolute Gasteiger partial charge is 0.490 e. The first-order valence-corrected chi connectivity index (χ1v) is 18.4. The fourth-order valence-corrected chi connectivity index (χ4v) is 5.25. The molecule has 0 bridgehead atoms. The van der Waals surface area contributed by atoms with Gasteiger partial charge in [0.05, 0.1) is 37.6 Å². The Morgan fingerprint density at radius 1 is 0.549 bits per heavy atom. The second-order valence-corrected chi connectivity index (χ2v) is 14.7. The van der Waals surface area contributed by atoms with Gasteiger partial charge >= 0.3 is 0 Å². The third-order valence-electron chi connectivity index (χ3n) is 8.05. The SMILES string of the molecule is CCOc1cc(C=C(C#N)C(=O)C(C)(C)C)ccc1OCCCCCCCCCCCOc1ccc(C=C(C#N)C(=O)C(C)(C)C)cc1OCC. The zero-order chi connectivity index (χ0) is 37.9. The number of ketones is 2. The lowest BCUT2D eigenvalue weighted by molar-refractivity contribution is -0.122. The highest BCUT2D eigenvalue weighted by Gasteiger charge is 2.26. The third kappa shape index (κ3) is 15.1. The van der Waals surface area contributed by atoms with Crippen LogP contribution in [-0.4, -0.2) is 38.0 Å². The van der Waals surface area contributed by atoms with Crippen LogP contribution < -0.4 is 18.9 Å². The second kappa shape index (κ2) is 21.6. The van der Waals surface area contributed by atoms with Crippen LogP contribution in [0.4, 0.5) is 0 Å². The van der Waals surface area contributed by atoms with Crippen molar-refractivity contribution in [1.82, 2.24) is 0 Å². The number of Topliss-reactive ketones (excluding diaryl/α,β-unsaturated/α-hetero) is 2. The summed E-state index contributed by atoms with van der Waals surface area (Å²) in [6.45, 7) is 16.8. The molecule has 0 unspecified atom stereocenters. The third-order valence-corrected chi connectivity index (χ3v) is 8.05. The maximum Gasteiger partial charge on any atom is 0.178 e. The van der Waals surface area contributed by atoms with Crippen molar-refractivity contribution in [3.8, 4) is 35.1 Å². The molecule has 0 heterocycles. The molecule has 8 heteroatoms. The molecule has 2 aromatic rings. The molecule has 0 spiro atoms. The van der Waals surface area contributed by atoms with E-state index in [2.05, 4.69) is 0 Å². The zero-order valence-corrected chi connectivity index (χ0v) is 32.2. The average Bonchev–Trinajstić information content (AvgIpc) is 3.08. The van der Waals surface area contributed by atoms with Crippen LogP contribution in [0.1, 0.15) is 124 Å². The summed E-state index contributed by atoms with van der Waals surface area (Å²) in [5, 5.41) is 19.0. The summed E-state index contributed by atoms with van der Waals surface area (Å²) in [6.07, 6.45) is 13.3. The number of nitrogens with zero attached hydrogens (tertiary/aromatic N) is 2. The molecule has 0 aliphatic carbocycles. The molecule has 0 atom stereocenters. The molecule has 0 saturated heterocycles. The van der Waals surface area contributed by atoms with Gasteiger partial charge in [0, 0.05) is 10.8 Å². The van der Waals surface area contributed by atoms with Gasteiger partial charge in [0.25, 0.3) is 0 Å². The average molecular weight is 699 g/mol. The van der Waals surface area contributed by atoms with E-state index in [4.69, 9.17) is 18.9 Å². The Morgan fingerprint density at radius 3 is 1.18 bits per heavy atom. The Bertz CT molecular complexity index is 1460. The lowest BCUT2D eigenvalue weighted by atomic mass is 9.86. The molecule has 2 aromatic carbocycles. The van der Waals surface area contributed by atoms with E-state index in [0.717, 1.165) is 36.8 Å². The Labute approximate surface area is 306 Å². The number of ether oxygens (including phenoxy) is 4. The fraction of sp³-hybridized carbons (Fsp3) is 0.535. The van der Waals surface area contributed by atoms with Crippen LogP contribution in [0.2, 0.25) is 0 Å². The van der Waals surface area contributed by atoms with Gasteiger partial charge in [-0.2, -0.15) is 10.5 Å². The van der Waals surface area contributed by atoms with Gasteiger partial charge in [0.2, 0.25) is 0 Å². The lowest BCUT2D eigenvalue weighted by Gasteiger charge is -2.16. The smallest absolute Gasteiger partial charge is 0.178 e. The van der Waals surface area contributed by atoms with Gasteiger partial charge in [-0.3, -0.25) is 9.59 Å². The maximum atomic E-state index is 12.6. The van der Waals surface area contributed by atoms with Crippen molar-refractivity contribution in [2.24, 2.45) is 10.8 Å². The van der Waals surface area contributed by atoms with Gasteiger partial charge in [-0.25, -0.2) is 0 Å². The van der Waals surface area contributed by atoms with Crippen LogP contribution >= 0.6 is 0 Å². The topological polar surface area (TPSA) is 119 Å². The molecule has 0 amide bonds. The number of carbonyl (C=O) groups is 2. The quantitative estimate of drug-likeness (QED) is 0.0677. The van der Waals surface area contributed by atoms with Crippen molar-refractivity contribution in [1.29, 1.82) is 10.5 Å². The van der Waals surface area contributed by atoms with Gasteiger partial charge in [-0.15, -0.1) is 0 Å². The number of nitriles is 2. The first-order chi connectivity index (χ1) is 24.2. The van der Waals surface area contributed by atoms with E-state index >= 15 is 0 Å². The van der Waals surface area contributed by atoms with E-state index in [1.54, 1.807) is 53.7 Å². The lowest BCUT2D eigenvalue weighted by Crippen LogP contribution is -2.21. The van der Waals surface area contributed by atoms with Gasteiger partial charge in [-0.05, 0) is 74.2 Å². The van der Waals surface area contributed by atoms with Gasteiger partial charge in [0.1, 0.15) is 12.1 Å². The van der Waals surface area contributed by atoms with Gasteiger partial charge in [0.15, 0.2) is 34.6 Å². The summed E-state index contributed by atoms with van der Waals surface area (Å²) >= 11 is 0. The summed E-state index contributed by atoms with van der Waals surface area (Å²) in [4.78, 5) is 25.2. The molecule has 0 aromatic heterocycles. The molecule has 276 valence electrons. The van der Waals surface area contributed by atoms with Crippen LogP contribution in [0.25, 0.3) is 12.2 Å². The second-order valence-electron chi connectivity index (χ2n) is 14.7. The van der Waals surface area contributed by atoms with E-state index < -0.39 is 10.8 Å². The standard InChI is InChI=1S/C43H58N2O6/c1-9-48-38-28-32(26-34(30-44)40(46)42(3,4)5)20-22-36(38)50-24-18-16-14-12-11-13-15-17-19-25-51-37-23-21-33(29-39(37)49-10-2)27-35(31-45)41(47)43(6,7)8/h20-23,26-29H,9-19,24-25H2,1-8H3. The van der Waals surface area contributed by atoms with Crippen molar-refractivity contribution in [2.45, 2.75) is 113 Å². The predicted molar refractivity (Wildman–Crippen MR) is 204 cm³/mol. The molecule has 2 rings (SSSR count). The van der Waals surface area contributed by atoms with E-state index in [1.165, 1.54) is 32.1 Å². The number of rotatable bonds is 22. The Hall–Kier alpha value is -4.56. The zero-order valence-electron chi connectivity index (χ0n) is 32.2. The van der Waals surface area contributed by atoms with E-state index in [9.17, 15) is 20.1 Å². The molecule has 0 aliphatic rings. The molecule has 0 radical (unpaired) electrons. The van der Waals surface area contributed by atoms with Crippen LogP contribution in [0.5, 0.6) is 23.0 Å². The Morgan fingerprint density at radius 2 is 0.882 bits per heavy atom. The van der Waals surface area contributed by atoms with Crippen molar-refractivity contribution >= 4 is 23.7 Å². The maximum absolute atomic E-state index is 12.6. The van der Waals surface area contributed by atoms with Crippen molar-refractivity contribution < 1.29 is 28.5 Å². The molecule has 0 N–H and O–H groups in total. The van der Waals surface area contributed by atoms with Crippen LogP contribution in [-0.2, 0) is 9.59 Å². The Balaban J connectivity index is 1.68. The van der Waals surface area contributed by atoms with Crippen molar-refractivity contribution in [2.75, 3.05) is 26.4 Å². The minimum atomic E-state index is -0.629. The highest BCUT2D eigenvalue weighted by molar-refractivity contribution is 6.06. The van der Waals surface area contributed by atoms with E-state index in [1.807, 2.05) is 62.4 Å². The summed E-state index contributed by atoms with van der Waals surface area (Å²) in [7, 11) is 0. The molecular weight excluding hydrogens is 640 g/mol. The molecule has 8 nitrogen and oxygen atoms in total. The summed E-state index contributed by atoms with van der Waals surface area (Å²) in [6, 6.07) is 15.1. The van der Waals surface area contributed by atoms with E-state index in [0.29, 0.717) is 49.4 Å². The number of hydrogen-bond donors (Lipinski definition) is 0. The first kappa shape index (κ1) is 42.6. The van der Waals surface area contributed by atoms with Crippen molar-refractivity contribution in [3.63, 3.8) is 0 Å². The van der Waals surface area contributed by atoms with Crippen molar-refractivity contribution in [3.05, 3.63) is 58.7 Å². The van der Waals surface area contributed by atoms with E-state index in [-0.39, 0.29) is 22.7 Å². The number of hydrogen-bond acceptors (Lipinski definition) is 8. The normalized spacial score (nSPS) is 12.1. The van der Waals surface area contributed by atoms with Gasteiger partial charge < -0.3 is 18.9 Å². The number of benzene rings is 2. The van der Waals surface area contributed by atoms with Crippen LogP contribution in [0.15, 0.2) is 47.5 Å². The molecular formula is C43H58N2O6. The fourth-order valence-electron chi connectivity index (χ4n) is 5.25. The molecule has 0 saturated carbocycles. The molecule has 0 aliphatic heterocycles. The van der Waals surface area contributed by atoms with Crippen LogP contribution in [0.3, 0.4) is 0 Å². The highest BCUT2D eigenvalue weighted by Crippen LogP contribution is 2.32.